The van der Waals surface area contributed by atoms with Crippen LogP contribution in [0.15, 0.2) is 42.6 Å². The van der Waals surface area contributed by atoms with Gasteiger partial charge in [0.1, 0.15) is 22.9 Å². The summed E-state index contributed by atoms with van der Waals surface area (Å²) in [4.78, 5) is 21.8. The van der Waals surface area contributed by atoms with Gasteiger partial charge in [-0.25, -0.2) is 4.98 Å². The molecule has 0 saturated carbocycles. The number of pyridine rings is 1. The number of aromatic amines is 1. The van der Waals surface area contributed by atoms with Gasteiger partial charge in [0.25, 0.3) is 5.91 Å². The second-order valence-electron chi connectivity index (χ2n) is 9.20. The van der Waals surface area contributed by atoms with Crippen molar-refractivity contribution >= 4 is 29.0 Å². The van der Waals surface area contributed by atoms with Crippen molar-refractivity contribution in [2.24, 2.45) is 5.73 Å². The molecule has 0 unspecified atom stereocenters. The molecule has 2 aliphatic heterocycles. The van der Waals surface area contributed by atoms with Crippen LogP contribution in [0.1, 0.15) is 41.6 Å². The van der Waals surface area contributed by atoms with E-state index >= 15 is 0 Å². The fourth-order valence-corrected chi connectivity index (χ4v) is 4.96. The number of phenolic OH excluding ortho intramolecular Hbond substituents is 1. The van der Waals surface area contributed by atoms with Crippen LogP contribution in [0.25, 0.3) is 0 Å². The van der Waals surface area contributed by atoms with Crippen LogP contribution in [-0.4, -0.2) is 63.3 Å². The van der Waals surface area contributed by atoms with E-state index in [4.69, 9.17) is 5.73 Å². The van der Waals surface area contributed by atoms with Crippen molar-refractivity contribution < 1.29 is 9.90 Å². The minimum absolute atomic E-state index is 0.200. The number of likely N-dealkylation sites (tertiary alicyclic amines) is 1. The Morgan fingerprint density at radius 3 is 2.49 bits per heavy atom. The topological polar surface area (TPSA) is 135 Å². The first-order valence-corrected chi connectivity index (χ1v) is 12.2. The average molecular weight is 477 g/mol. The van der Waals surface area contributed by atoms with Gasteiger partial charge in [-0.2, -0.15) is 5.10 Å². The van der Waals surface area contributed by atoms with Gasteiger partial charge in [-0.05, 0) is 68.6 Å². The van der Waals surface area contributed by atoms with E-state index in [0.29, 0.717) is 24.2 Å². The summed E-state index contributed by atoms with van der Waals surface area (Å²) in [5, 5.41) is 22.8. The summed E-state index contributed by atoms with van der Waals surface area (Å²) in [7, 11) is 0. The van der Waals surface area contributed by atoms with Gasteiger partial charge in [0.15, 0.2) is 5.82 Å². The molecule has 184 valence electrons. The van der Waals surface area contributed by atoms with Crippen molar-refractivity contribution in [2.75, 3.05) is 41.7 Å². The van der Waals surface area contributed by atoms with Gasteiger partial charge in [-0.1, -0.05) is 12.1 Å². The van der Waals surface area contributed by atoms with E-state index in [9.17, 15) is 9.90 Å². The van der Waals surface area contributed by atoms with Crippen LogP contribution < -0.4 is 21.3 Å². The first-order chi connectivity index (χ1) is 17.1. The van der Waals surface area contributed by atoms with Gasteiger partial charge in [-0.15, -0.1) is 0 Å². The zero-order chi connectivity index (χ0) is 24.2. The number of nitrogens with one attached hydrogen (secondary N) is 3. The molecule has 2 aromatic heterocycles. The predicted octanol–water partition coefficient (Wildman–Crippen LogP) is 3.03. The maximum absolute atomic E-state index is 12.2. The number of phenols is 1. The highest BCUT2D eigenvalue weighted by atomic mass is 16.3. The number of anilines is 4. The number of nitrogens with two attached hydrogens (primary N) is 1. The van der Waals surface area contributed by atoms with Crippen LogP contribution >= 0.6 is 0 Å². The number of hydrogen-bond donors (Lipinski definition) is 5. The Kier molecular flexibility index (Phi) is 6.71. The van der Waals surface area contributed by atoms with Gasteiger partial charge in [-0.3, -0.25) is 9.89 Å². The number of carbonyl (C=O) groups excluding carboxylic acids is 1. The molecule has 3 aromatic rings. The second-order valence-corrected chi connectivity index (χ2v) is 9.20. The van der Waals surface area contributed by atoms with Crippen LogP contribution in [0.5, 0.6) is 5.75 Å². The van der Waals surface area contributed by atoms with E-state index in [1.54, 1.807) is 30.5 Å². The molecule has 10 heteroatoms. The monoisotopic (exact) mass is 476 g/mol. The summed E-state index contributed by atoms with van der Waals surface area (Å²) < 4.78 is 0. The summed E-state index contributed by atoms with van der Waals surface area (Å²) in [6.07, 6.45) is 6.78. The molecule has 0 bridgehead atoms. The second kappa shape index (κ2) is 10.2. The Balaban J connectivity index is 1.20. The molecule has 0 spiro atoms. The number of benzene rings is 1. The van der Waals surface area contributed by atoms with E-state index in [0.717, 1.165) is 30.2 Å². The zero-order valence-corrected chi connectivity index (χ0v) is 19.7. The molecule has 1 aromatic carbocycles. The molecule has 0 radical (unpaired) electrons. The third-order valence-corrected chi connectivity index (χ3v) is 6.87. The zero-order valence-electron chi connectivity index (χ0n) is 19.7. The highest BCUT2D eigenvalue weighted by Gasteiger charge is 2.27. The first kappa shape index (κ1) is 23.0. The Bertz CT molecular complexity index is 1130. The number of primary amides is 1. The quantitative estimate of drug-likeness (QED) is 0.335. The van der Waals surface area contributed by atoms with E-state index in [-0.39, 0.29) is 11.3 Å². The van der Waals surface area contributed by atoms with Crippen molar-refractivity contribution in [1.29, 1.82) is 0 Å². The molecule has 2 fully saturated rings. The Labute approximate surface area is 204 Å². The summed E-state index contributed by atoms with van der Waals surface area (Å²) >= 11 is 0. The van der Waals surface area contributed by atoms with Crippen molar-refractivity contribution in [3.05, 3.63) is 53.7 Å². The maximum atomic E-state index is 12.2. The third kappa shape index (κ3) is 5.32. The lowest BCUT2D eigenvalue weighted by Crippen LogP contribution is -2.44. The molecule has 10 nitrogen and oxygen atoms in total. The minimum atomic E-state index is -0.597. The van der Waals surface area contributed by atoms with Gasteiger partial charge >= 0.3 is 0 Å². The lowest BCUT2D eigenvalue weighted by atomic mass is 10.0. The van der Waals surface area contributed by atoms with Crippen molar-refractivity contribution in [1.82, 2.24) is 20.1 Å². The molecule has 5 rings (SSSR count). The number of aromatic nitrogens is 3. The maximum Gasteiger partial charge on any atom is 0.256 e. The molecule has 0 aliphatic carbocycles. The molecule has 6 N–H and O–H groups in total. The number of nitrogens with zero attached hydrogens (tertiary/aromatic N) is 4. The number of rotatable bonds is 8. The van der Waals surface area contributed by atoms with Crippen LogP contribution in [0.4, 0.5) is 23.1 Å². The summed E-state index contributed by atoms with van der Waals surface area (Å²) in [6.45, 7) is 4.97. The third-order valence-electron chi connectivity index (χ3n) is 6.87. The van der Waals surface area contributed by atoms with Gasteiger partial charge in [0, 0.05) is 25.7 Å². The molecule has 2 saturated heterocycles. The molecule has 1 amide bonds. The molecule has 0 atom stereocenters. The Morgan fingerprint density at radius 1 is 1.09 bits per heavy atom. The highest BCUT2D eigenvalue weighted by molar-refractivity contribution is 6.03. The van der Waals surface area contributed by atoms with Gasteiger partial charge in [0.2, 0.25) is 0 Å². The molecular weight excluding hydrogens is 444 g/mol. The van der Waals surface area contributed by atoms with Crippen molar-refractivity contribution in [3.8, 4) is 5.75 Å². The smallest absolute Gasteiger partial charge is 0.256 e. The molecule has 2 aliphatic rings. The normalized spacial score (nSPS) is 17.0. The lowest BCUT2D eigenvalue weighted by molar-refractivity contribution is 0.100. The van der Waals surface area contributed by atoms with E-state index < -0.39 is 5.91 Å². The van der Waals surface area contributed by atoms with E-state index in [1.807, 2.05) is 12.1 Å². The van der Waals surface area contributed by atoms with Crippen molar-refractivity contribution in [3.63, 3.8) is 0 Å². The highest BCUT2D eigenvalue weighted by Crippen LogP contribution is 2.27. The fraction of sp³-hybridized carbons (Fsp3) is 0.400. The Hall–Kier alpha value is -3.79. The SMILES string of the molecule is NC(=O)c1c(Nc2ccc(N3CCC(N4CCCC4)CC3)nc2)n[nH]c1NCc1ccc(O)cc1. The first-order valence-electron chi connectivity index (χ1n) is 12.2. The van der Waals surface area contributed by atoms with E-state index in [1.165, 1.54) is 38.8 Å². The minimum Gasteiger partial charge on any atom is -0.508 e. The average Bonchev–Trinajstić information content (AvgIpc) is 3.55. The number of carbonyl (C=O) groups is 1. The van der Waals surface area contributed by atoms with Gasteiger partial charge in [0.05, 0.1) is 11.9 Å². The Morgan fingerprint density at radius 2 is 1.83 bits per heavy atom. The van der Waals surface area contributed by atoms with Crippen LogP contribution in [-0.2, 0) is 6.54 Å². The molecular formula is C25H32N8O2. The summed E-state index contributed by atoms with van der Waals surface area (Å²) in [5.74, 6) is 1.33. The van der Waals surface area contributed by atoms with Gasteiger partial charge < -0.3 is 31.3 Å². The largest absolute Gasteiger partial charge is 0.508 e. The number of aromatic hydroxyl groups is 1. The van der Waals surface area contributed by atoms with Crippen LogP contribution in [0.2, 0.25) is 0 Å². The standard InChI is InChI=1S/C25H32N8O2/c26-23(35)22-24(28-15-17-3-6-20(34)7-4-17)30-31-25(22)29-18-5-8-21(27-16-18)33-13-9-19(10-14-33)32-11-1-2-12-32/h3-8,16,19,34H,1-2,9-15H2,(H2,26,35)(H3,28,29,30,31). The number of amides is 1. The predicted molar refractivity (Wildman–Crippen MR) is 136 cm³/mol. The fourth-order valence-electron chi connectivity index (χ4n) is 4.96. The molecule has 4 heterocycles. The van der Waals surface area contributed by atoms with Crippen LogP contribution in [0, 0.1) is 0 Å². The van der Waals surface area contributed by atoms with E-state index in [2.05, 4.69) is 35.6 Å². The summed E-state index contributed by atoms with van der Waals surface area (Å²) in [6, 6.07) is 11.5. The number of piperidine rings is 1. The number of H-pyrrole nitrogens is 1. The number of hydrogen-bond acceptors (Lipinski definition) is 8. The summed E-state index contributed by atoms with van der Waals surface area (Å²) in [5.41, 5.74) is 7.55. The molecule has 35 heavy (non-hydrogen) atoms. The van der Waals surface area contributed by atoms with Crippen molar-refractivity contribution in [2.45, 2.75) is 38.3 Å². The van der Waals surface area contributed by atoms with Crippen LogP contribution in [0.3, 0.4) is 0 Å². The lowest BCUT2D eigenvalue weighted by Gasteiger charge is -2.37.